The minimum atomic E-state index is -4.47. The molecule has 0 saturated heterocycles. The van der Waals surface area contributed by atoms with E-state index in [0.29, 0.717) is 17.9 Å². The van der Waals surface area contributed by atoms with Crippen molar-refractivity contribution in [3.05, 3.63) is 70.9 Å². The lowest BCUT2D eigenvalue weighted by Gasteiger charge is -2.06. The van der Waals surface area contributed by atoms with Crippen molar-refractivity contribution < 1.29 is 27.1 Å². The van der Waals surface area contributed by atoms with Gasteiger partial charge in [-0.1, -0.05) is 25.5 Å². The SMILES string of the molecule is CCCc1ccc(OCc2ccc(C(=O)NCCCn3nc(C(F)(F)F)cc3C)o2)cc1. The van der Waals surface area contributed by atoms with Crippen LogP contribution in [-0.4, -0.2) is 22.2 Å². The van der Waals surface area contributed by atoms with E-state index < -0.39 is 17.8 Å². The van der Waals surface area contributed by atoms with Crippen molar-refractivity contribution in [1.29, 1.82) is 0 Å². The second-order valence-electron chi connectivity index (χ2n) is 7.45. The van der Waals surface area contributed by atoms with Crippen LogP contribution in [0.4, 0.5) is 13.2 Å². The molecule has 0 spiro atoms. The van der Waals surface area contributed by atoms with Gasteiger partial charge in [-0.25, -0.2) is 0 Å². The normalized spacial score (nSPS) is 11.5. The van der Waals surface area contributed by atoms with Gasteiger partial charge in [-0.05, 0) is 55.7 Å². The van der Waals surface area contributed by atoms with Crippen molar-refractivity contribution in [2.24, 2.45) is 0 Å². The summed E-state index contributed by atoms with van der Waals surface area (Å²) in [6.07, 6.45) is -1.94. The third-order valence-corrected chi connectivity index (χ3v) is 4.83. The molecule has 9 heteroatoms. The average molecular weight is 449 g/mol. The lowest BCUT2D eigenvalue weighted by Crippen LogP contribution is -2.25. The molecule has 0 atom stereocenters. The van der Waals surface area contributed by atoms with Crippen LogP contribution >= 0.6 is 0 Å². The number of hydrogen-bond donors (Lipinski definition) is 1. The lowest BCUT2D eigenvalue weighted by molar-refractivity contribution is -0.141. The zero-order valence-electron chi connectivity index (χ0n) is 18.0. The van der Waals surface area contributed by atoms with Gasteiger partial charge in [0.05, 0.1) is 0 Å². The number of hydrogen-bond acceptors (Lipinski definition) is 4. The maximum atomic E-state index is 12.7. The highest BCUT2D eigenvalue weighted by molar-refractivity contribution is 5.91. The topological polar surface area (TPSA) is 69.3 Å². The van der Waals surface area contributed by atoms with Crippen molar-refractivity contribution >= 4 is 5.91 Å². The molecule has 0 bridgehead atoms. The van der Waals surface area contributed by atoms with Crippen LogP contribution in [0.3, 0.4) is 0 Å². The van der Waals surface area contributed by atoms with Gasteiger partial charge >= 0.3 is 6.18 Å². The predicted octanol–water partition coefficient (Wildman–Crippen LogP) is 5.15. The summed E-state index contributed by atoms with van der Waals surface area (Å²) < 4.78 is 50.6. The van der Waals surface area contributed by atoms with Crippen LogP contribution in [0.5, 0.6) is 5.75 Å². The molecule has 1 N–H and O–H groups in total. The van der Waals surface area contributed by atoms with Crippen LogP contribution in [0.1, 0.15) is 53.0 Å². The first kappa shape index (κ1) is 23.4. The first-order chi connectivity index (χ1) is 15.3. The van der Waals surface area contributed by atoms with Gasteiger partial charge in [0, 0.05) is 18.8 Å². The quantitative estimate of drug-likeness (QED) is 0.435. The van der Waals surface area contributed by atoms with E-state index in [1.54, 1.807) is 19.1 Å². The number of nitrogens with zero attached hydrogens (tertiary/aromatic N) is 2. The van der Waals surface area contributed by atoms with Gasteiger partial charge in [0.1, 0.15) is 18.1 Å². The van der Waals surface area contributed by atoms with Gasteiger partial charge in [-0.3, -0.25) is 9.48 Å². The van der Waals surface area contributed by atoms with E-state index in [4.69, 9.17) is 9.15 Å². The average Bonchev–Trinajstić information content (AvgIpc) is 3.37. The van der Waals surface area contributed by atoms with Crippen LogP contribution in [0.2, 0.25) is 0 Å². The number of nitrogens with one attached hydrogen (secondary N) is 1. The number of ether oxygens (including phenoxy) is 1. The maximum absolute atomic E-state index is 12.7. The predicted molar refractivity (Wildman–Crippen MR) is 112 cm³/mol. The Morgan fingerprint density at radius 3 is 2.59 bits per heavy atom. The van der Waals surface area contributed by atoms with Crippen molar-refractivity contribution in [2.75, 3.05) is 6.54 Å². The molecule has 2 aromatic heterocycles. The van der Waals surface area contributed by atoms with E-state index in [2.05, 4.69) is 17.3 Å². The third-order valence-electron chi connectivity index (χ3n) is 4.83. The Kier molecular flexibility index (Phi) is 7.61. The highest BCUT2D eigenvalue weighted by atomic mass is 19.4. The number of carbonyl (C=O) groups excluding carboxylic acids is 1. The van der Waals surface area contributed by atoms with E-state index >= 15 is 0 Å². The molecule has 1 amide bonds. The summed E-state index contributed by atoms with van der Waals surface area (Å²) >= 11 is 0. The fraction of sp³-hybridized carbons (Fsp3) is 0.391. The fourth-order valence-corrected chi connectivity index (χ4v) is 3.17. The highest BCUT2D eigenvalue weighted by Crippen LogP contribution is 2.28. The molecule has 0 fully saturated rings. The monoisotopic (exact) mass is 449 g/mol. The van der Waals surface area contributed by atoms with Crippen LogP contribution in [-0.2, 0) is 25.7 Å². The van der Waals surface area contributed by atoms with Crippen molar-refractivity contribution in [3.8, 4) is 5.75 Å². The molecule has 32 heavy (non-hydrogen) atoms. The second kappa shape index (κ2) is 10.4. The first-order valence-corrected chi connectivity index (χ1v) is 10.5. The number of halogens is 3. The number of alkyl halides is 3. The molecule has 6 nitrogen and oxygen atoms in total. The van der Waals surface area contributed by atoms with E-state index in [1.807, 2.05) is 24.3 Å². The molecule has 0 saturated carbocycles. The molecule has 2 heterocycles. The Morgan fingerprint density at radius 2 is 1.94 bits per heavy atom. The molecule has 0 aliphatic rings. The summed E-state index contributed by atoms with van der Waals surface area (Å²) in [5, 5.41) is 6.26. The van der Waals surface area contributed by atoms with E-state index in [-0.39, 0.29) is 25.5 Å². The molecule has 0 unspecified atom stereocenters. The smallest absolute Gasteiger partial charge is 0.435 e. The maximum Gasteiger partial charge on any atom is 0.435 e. The zero-order valence-corrected chi connectivity index (χ0v) is 18.0. The molecule has 3 rings (SSSR count). The van der Waals surface area contributed by atoms with Gasteiger partial charge < -0.3 is 14.5 Å². The van der Waals surface area contributed by atoms with Gasteiger partial charge in [0.15, 0.2) is 11.5 Å². The van der Waals surface area contributed by atoms with Crippen molar-refractivity contribution in [2.45, 2.75) is 52.4 Å². The Bertz CT molecular complexity index is 1020. The zero-order chi connectivity index (χ0) is 23.1. The Balaban J connectivity index is 1.42. The lowest BCUT2D eigenvalue weighted by atomic mass is 10.1. The molecular weight excluding hydrogens is 423 g/mol. The van der Waals surface area contributed by atoms with Crippen molar-refractivity contribution in [3.63, 3.8) is 0 Å². The number of amides is 1. The molecule has 1 aromatic carbocycles. The first-order valence-electron chi connectivity index (χ1n) is 10.5. The summed E-state index contributed by atoms with van der Waals surface area (Å²) in [6.45, 7) is 4.42. The fourth-order valence-electron chi connectivity index (χ4n) is 3.17. The molecule has 0 radical (unpaired) electrons. The minimum Gasteiger partial charge on any atom is -0.486 e. The van der Waals surface area contributed by atoms with Gasteiger partial charge in [0.2, 0.25) is 0 Å². The summed E-state index contributed by atoms with van der Waals surface area (Å²) in [5.74, 6) is 0.985. The summed E-state index contributed by atoms with van der Waals surface area (Å²) in [7, 11) is 0. The van der Waals surface area contributed by atoms with Crippen molar-refractivity contribution in [1.82, 2.24) is 15.1 Å². The van der Waals surface area contributed by atoms with Crippen LogP contribution in [0.25, 0.3) is 0 Å². The number of furan rings is 1. The van der Waals surface area contributed by atoms with E-state index in [0.717, 1.165) is 24.7 Å². The van der Waals surface area contributed by atoms with Crippen LogP contribution in [0.15, 0.2) is 46.9 Å². The Morgan fingerprint density at radius 1 is 1.19 bits per heavy atom. The highest BCUT2D eigenvalue weighted by Gasteiger charge is 2.34. The molecule has 172 valence electrons. The summed E-state index contributed by atoms with van der Waals surface area (Å²) in [5.41, 5.74) is 0.751. The molecular formula is C23H26F3N3O3. The van der Waals surface area contributed by atoms with Gasteiger partial charge in [0.25, 0.3) is 5.91 Å². The number of rotatable bonds is 10. The second-order valence-corrected chi connectivity index (χ2v) is 7.45. The molecule has 0 aliphatic heterocycles. The van der Waals surface area contributed by atoms with Crippen LogP contribution in [0, 0.1) is 6.92 Å². The summed E-state index contributed by atoms with van der Waals surface area (Å²) in [4.78, 5) is 12.2. The molecule has 0 aliphatic carbocycles. The van der Waals surface area contributed by atoms with Crippen LogP contribution < -0.4 is 10.1 Å². The van der Waals surface area contributed by atoms with E-state index in [9.17, 15) is 18.0 Å². The number of aryl methyl sites for hydroxylation is 3. The number of carbonyl (C=O) groups is 1. The largest absolute Gasteiger partial charge is 0.486 e. The van der Waals surface area contributed by atoms with E-state index in [1.165, 1.54) is 10.2 Å². The van der Waals surface area contributed by atoms with Gasteiger partial charge in [-0.15, -0.1) is 0 Å². The third kappa shape index (κ3) is 6.38. The summed E-state index contributed by atoms with van der Waals surface area (Å²) in [6, 6.07) is 12.1. The number of aromatic nitrogens is 2. The standard InChI is InChI=1S/C23H26F3N3O3/c1-3-5-17-6-8-18(9-7-17)31-15-19-10-11-20(32-19)22(30)27-12-4-13-29-16(2)14-21(28-29)23(24,25)26/h6-11,14H,3-5,12-13,15H2,1-2H3,(H,27,30). The number of benzene rings is 1. The van der Waals surface area contributed by atoms with Gasteiger partial charge in [-0.2, -0.15) is 18.3 Å². The Labute approximate surface area is 184 Å². The molecule has 3 aromatic rings. The Hall–Kier alpha value is -3.23. The minimum absolute atomic E-state index is 0.150.